The molecule has 1 atom stereocenters. The summed E-state index contributed by atoms with van der Waals surface area (Å²) in [6.07, 6.45) is 0. The maximum atomic E-state index is 11.2. The SMILES string of the molecule is CCN(C)C(=O)[C@H](C)NC. The predicted octanol–water partition coefficient (Wildman–Crippen LogP) is 0.0726. The van der Waals surface area contributed by atoms with Gasteiger partial charge in [0.05, 0.1) is 6.04 Å². The molecule has 0 aliphatic heterocycles. The normalized spacial score (nSPS) is 12.8. The smallest absolute Gasteiger partial charge is 0.239 e. The maximum absolute atomic E-state index is 11.2. The molecule has 0 aliphatic carbocycles. The van der Waals surface area contributed by atoms with Gasteiger partial charge in [0.25, 0.3) is 0 Å². The Kier molecular flexibility index (Phi) is 4.03. The van der Waals surface area contributed by atoms with Gasteiger partial charge in [-0.2, -0.15) is 0 Å². The lowest BCUT2D eigenvalue weighted by Crippen LogP contribution is -2.41. The van der Waals surface area contributed by atoms with Crippen molar-refractivity contribution in [3.05, 3.63) is 0 Å². The van der Waals surface area contributed by atoms with Crippen molar-refractivity contribution in [2.24, 2.45) is 0 Å². The summed E-state index contributed by atoms with van der Waals surface area (Å²) in [6.45, 7) is 4.58. The second-order valence-electron chi connectivity index (χ2n) is 2.36. The third kappa shape index (κ3) is 2.35. The number of carbonyl (C=O) groups excluding carboxylic acids is 1. The van der Waals surface area contributed by atoms with E-state index in [1.54, 1.807) is 19.0 Å². The highest BCUT2D eigenvalue weighted by molar-refractivity contribution is 5.81. The average Bonchev–Trinajstić information content (AvgIpc) is 2.00. The predicted molar refractivity (Wildman–Crippen MR) is 41.8 cm³/mol. The zero-order valence-corrected chi connectivity index (χ0v) is 7.14. The van der Waals surface area contributed by atoms with E-state index in [0.29, 0.717) is 0 Å². The lowest BCUT2D eigenvalue weighted by molar-refractivity contribution is -0.131. The minimum Gasteiger partial charge on any atom is -0.345 e. The Labute approximate surface area is 62.4 Å². The van der Waals surface area contributed by atoms with E-state index in [-0.39, 0.29) is 11.9 Å². The first-order valence-electron chi connectivity index (χ1n) is 3.55. The Bertz CT molecular complexity index is 102. The first-order valence-corrected chi connectivity index (χ1v) is 3.55. The van der Waals surface area contributed by atoms with Crippen molar-refractivity contribution in [1.29, 1.82) is 0 Å². The molecule has 0 saturated heterocycles. The van der Waals surface area contributed by atoms with Crippen molar-refractivity contribution in [3.8, 4) is 0 Å². The van der Waals surface area contributed by atoms with Crippen LogP contribution in [0, 0.1) is 0 Å². The molecule has 0 aromatic carbocycles. The molecule has 60 valence electrons. The molecule has 0 aliphatic rings. The van der Waals surface area contributed by atoms with Gasteiger partial charge in [0, 0.05) is 13.6 Å². The Hall–Kier alpha value is -0.570. The monoisotopic (exact) mass is 144 g/mol. The zero-order chi connectivity index (χ0) is 8.15. The molecular weight excluding hydrogens is 128 g/mol. The number of rotatable bonds is 3. The van der Waals surface area contributed by atoms with Gasteiger partial charge >= 0.3 is 0 Å². The highest BCUT2D eigenvalue weighted by Crippen LogP contribution is 1.89. The van der Waals surface area contributed by atoms with Crippen molar-refractivity contribution in [1.82, 2.24) is 10.2 Å². The summed E-state index contributed by atoms with van der Waals surface area (Å²) in [4.78, 5) is 12.9. The van der Waals surface area contributed by atoms with Gasteiger partial charge in [-0.3, -0.25) is 4.79 Å². The second-order valence-corrected chi connectivity index (χ2v) is 2.36. The first kappa shape index (κ1) is 9.43. The Morgan fingerprint density at radius 3 is 2.50 bits per heavy atom. The molecule has 0 heterocycles. The van der Waals surface area contributed by atoms with Gasteiger partial charge in [-0.15, -0.1) is 0 Å². The standard InChI is InChI=1S/C7H16N2O/c1-5-9(4)7(10)6(2)8-3/h6,8H,5H2,1-4H3/t6-/m0/s1. The van der Waals surface area contributed by atoms with Gasteiger partial charge < -0.3 is 10.2 Å². The minimum atomic E-state index is -0.0649. The molecular formula is C7H16N2O. The lowest BCUT2D eigenvalue weighted by atomic mass is 10.3. The first-order chi connectivity index (χ1) is 4.63. The van der Waals surface area contributed by atoms with Crippen LogP contribution in [0.3, 0.4) is 0 Å². The van der Waals surface area contributed by atoms with Gasteiger partial charge in [0.1, 0.15) is 0 Å². The topological polar surface area (TPSA) is 32.3 Å². The van der Waals surface area contributed by atoms with Crippen LogP contribution in [0.1, 0.15) is 13.8 Å². The van der Waals surface area contributed by atoms with Crippen molar-refractivity contribution in [3.63, 3.8) is 0 Å². The number of likely N-dealkylation sites (N-methyl/N-ethyl adjacent to an activating group) is 2. The molecule has 0 unspecified atom stereocenters. The molecule has 0 rings (SSSR count). The van der Waals surface area contributed by atoms with Gasteiger partial charge in [-0.25, -0.2) is 0 Å². The third-order valence-corrected chi connectivity index (χ3v) is 1.65. The van der Waals surface area contributed by atoms with Crippen LogP contribution in [0.4, 0.5) is 0 Å². The fourth-order valence-corrected chi connectivity index (χ4v) is 0.610. The Morgan fingerprint density at radius 1 is 1.70 bits per heavy atom. The fraction of sp³-hybridized carbons (Fsp3) is 0.857. The van der Waals surface area contributed by atoms with Crippen LogP contribution in [0.25, 0.3) is 0 Å². The molecule has 0 aromatic rings. The number of amides is 1. The van der Waals surface area contributed by atoms with E-state index in [0.717, 1.165) is 6.54 Å². The average molecular weight is 144 g/mol. The molecule has 0 saturated carbocycles. The summed E-state index contributed by atoms with van der Waals surface area (Å²) in [5.74, 6) is 0.144. The Morgan fingerprint density at radius 2 is 2.20 bits per heavy atom. The van der Waals surface area contributed by atoms with Crippen LogP contribution in [0.5, 0.6) is 0 Å². The van der Waals surface area contributed by atoms with Crippen LogP contribution in [-0.2, 0) is 4.79 Å². The largest absolute Gasteiger partial charge is 0.345 e. The molecule has 0 spiro atoms. The number of nitrogens with zero attached hydrogens (tertiary/aromatic N) is 1. The minimum absolute atomic E-state index is 0.0649. The summed E-state index contributed by atoms with van der Waals surface area (Å²) in [5.41, 5.74) is 0. The molecule has 0 aromatic heterocycles. The van der Waals surface area contributed by atoms with Gasteiger partial charge in [-0.1, -0.05) is 0 Å². The van der Waals surface area contributed by atoms with Crippen LogP contribution in [0.2, 0.25) is 0 Å². The Balaban J connectivity index is 3.82. The van der Waals surface area contributed by atoms with E-state index >= 15 is 0 Å². The molecule has 3 nitrogen and oxygen atoms in total. The van der Waals surface area contributed by atoms with Gasteiger partial charge in [-0.05, 0) is 20.9 Å². The summed E-state index contributed by atoms with van der Waals surface area (Å²) in [6, 6.07) is -0.0649. The van der Waals surface area contributed by atoms with E-state index in [1.165, 1.54) is 0 Å². The lowest BCUT2D eigenvalue weighted by Gasteiger charge is -2.18. The molecule has 1 amide bonds. The molecule has 3 heteroatoms. The quantitative estimate of drug-likeness (QED) is 0.608. The maximum Gasteiger partial charge on any atom is 0.239 e. The highest BCUT2D eigenvalue weighted by Gasteiger charge is 2.12. The molecule has 10 heavy (non-hydrogen) atoms. The van der Waals surface area contributed by atoms with Crippen molar-refractivity contribution in [2.45, 2.75) is 19.9 Å². The fourth-order valence-electron chi connectivity index (χ4n) is 0.610. The zero-order valence-electron chi connectivity index (χ0n) is 7.14. The van der Waals surface area contributed by atoms with Crippen molar-refractivity contribution in [2.75, 3.05) is 20.6 Å². The van der Waals surface area contributed by atoms with Crippen LogP contribution in [0.15, 0.2) is 0 Å². The molecule has 0 bridgehead atoms. The second kappa shape index (κ2) is 4.28. The number of nitrogens with one attached hydrogen (secondary N) is 1. The molecule has 0 fully saturated rings. The van der Waals surface area contributed by atoms with Crippen LogP contribution < -0.4 is 5.32 Å². The summed E-state index contributed by atoms with van der Waals surface area (Å²) in [7, 11) is 3.59. The number of carbonyl (C=O) groups is 1. The van der Waals surface area contributed by atoms with Crippen LogP contribution >= 0.6 is 0 Å². The van der Waals surface area contributed by atoms with Crippen molar-refractivity contribution >= 4 is 5.91 Å². The van der Waals surface area contributed by atoms with E-state index in [1.807, 2.05) is 13.8 Å². The van der Waals surface area contributed by atoms with E-state index < -0.39 is 0 Å². The highest BCUT2D eigenvalue weighted by atomic mass is 16.2. The van der Waals surface area contributed by atoms with E-state index in [4.69, 9.17) is 0 Å². The molecule has 1 N–H and O–H groups in total. The summed E-state index contributed by atoms with van der Waals surface area (Å²) < 4.78 is 0. The third-order valence-electron chi connectivity index (χ3n) is 1.65. The summed E-state index contributed by atoms with van der Waals surface area (Å²) in [5, 5.41) is 2.89. The summed E-state index contributed by atoms with van der Waals surface area (Å²) >= 11 is 0. The van der Waals surface area contributed by atoms with E-state index in [9.17, 15) is 4.79 Å². The van der Waals surface area contributed by atoms with Crippen LogP contribution in [-0.4, -0.2) is 37.5 Å². The van der Waals surface area contributed by atoms with Gasteiger partial charge in [0.2, 0.25) is 5.91 Å². The molecule has 0 radical (unpaired) electrons. The van der Waals surface area contributed by atoms with E-state index in [2.05, 4.69) is 5.32 Å². The van der Waals surface area contributed by atoms with Crippen molar-refractivity contribution < 1.29 is 4.79 Å². The number of hydrogen-bond acceptors (Lipinski definition) is 2. The van der Waals surface area contributed by atoms with Gasteiger partial charge in [0.15, 0.2) is 0 Å². The number of hydrogen-bond donors (Lipinski definition) is 1.